The number of nitrogens with zero attached hydrogens (tertiary/aromatic N) is 4. The van der Waals surface area contributed by atoms with Crippen molar-refractivity contribution in [3.63, 3.8) is 0 Å². The van der Waals surface area contributed by atoms with Gasteiger partial charge in [0.25, 0.3) is 6.01 Å². The van der Waals surface area contributed by atoms with Gasteiger partial charge in [-0.2, -0.15) is 18.2 Å². The Kier molecular flexibility index (Phi) is 4.65. The van der Waals surface area contributed by atoms with Crippen molar-refractivity contribution in [2.75, 3.05) is 6.61 Å². The van der Waals surface area contributed by atoms with E-state index in [2.05, 4.69) is 30.9 Å². The summed E-state index contributed by atoms with van der Waals surface area (Å²) in [6.45, 7) is 4.39. The van der Waals surface area contributed by atoms with Gasteiger partial charge < -0.3 is 4.74 Å². The minimum atomic E-state index is -4.40. The fraction of sp³-hybridized carbons (Fsp3) is 0.316. The standard InChI is InChI=1S/C19H16BrF3N4O/c1-10-12(4-3-5-14(10)19(21,22)23)11(2)25-17-13-8-16(20)24-9-15(13)27-6-7-28-18(27)26-17/h3-5,8-9,11H,6-7H2,1-2H3/b25-17-. The minimum absolute atomic E-state index is 0.171. The third-order valence-electron chi connectivity index (χ3n) is 4.81. The van der Waals surface area contributed by atoms with Gasteiger partial charge in [-0.1, -0.05) is 12.1 Å². The van der Waals surface area contributed by atoms with Crippen molar-refractivity contribution < 1.29 is 17.9 Å². The lowest BCUT2D eigenvalue weighted by molar-refractivity contribution is -0.138. The maximum Gasteiger partial charge on any atom is 0.416 e. The molecule has 0 fully saturated rings. The van der Waals surface area contributed by atoms with E-state index >= 15 is 0 Å². The Morgan fingerprint density at radius 2 is 2.11 bits per heavy atom. The Morgan fingerprint density at radius 3 is 2.86 bits per heavy atom. The van der Waals surface area contributed by atoms with E-state index in [9.17, 15) is 13.2 Å². The van der Waals surface area contributed by atoms with Crippen LogP contribution in [0.1, 0.15) is 29.7 Å². The van der Waals surface area contributed by atoms with Gasteiger partial charge in [0.15, 0.2) is 5.49 Å². The second-order valence-electron chi connectivity index (χ2n) is 6.56. The predicted octanol–water partition coefficient (Wildman–Crippen LogP) is 4.58. The Hall–Kier alpha value is -2.42. The molecule has 1 aliphatic heterocycles. The molecule has 1 atom stereocenters. The average Bonchev–Trinajstić information content (AvgIpc) is 3.09. The van der Waals surface area contributed by atoms with E-state index in [4.69, 9.17) is 4.74 Å². The van der Waals surface area contributed by atoms with Gasteiger partial charge in [0.2, 0.25) is 0 Å². The van der Waals surface area contributed by atoms with E-state index in [0.717, 1.165) is 17.0 Å². The van der Waals surface area contributed by atoms with E-state index in [1.807, 2.05) is 4.57 Å². The lowest BCUT2D eigenvalue weighted by atomic mass is 9.97. The summed E-state index contributed by atoms with van der Waals surface area (Å²) in [6.07, 6.45) is -2.70. The smallest absolute Gasteiger partial charge is 0.416 e. The van der Waals surface area contributed by atoms with Crippen LogP contribution in [0.5, 0.6) is 6.01 Å². The lowest BCUT2D eigenvalue weighted by Crippen LogP contribution is -2.16. The Labute approximate surface area is 167 Å². The number of hydrogen-bond acceptors (Lipinski definition) is 4. The fourth-order valence-corrected chi connectivity index (χ4v) is 3.78. The molecule has 4 rings (SSSR count). The summed E-state index contributed by atoms with van der Waals surface area (Å²) in [4.78, 5) is 13.4. The largest absolute Gasteiger partial charge is 0.463 e. The SMILES string of the molecule is Cc1c(C(C)/N=c2\nc3n(c4cnc(Br)cc24)CCO3)cccc1C(F)(F)F. The van der Waals surface area contributed by atoms with Crippen LogP contribution in [-0.2, 0) is 12.7 Å². The van der Waals surface area contributed by atoms with Crippen molar-refractivity contribution in [3.8, 4) is 6.01 Å². The summed E-state index contributed by atoms with van der Waals surface area (Å²) in [5.74, 6) is 0. The Morgan fingerprint density at radius 1 is 1.32 bits per heavy atom. The molecule has 5 nitrogen and oxygen atoms in total. The van der Waals surface area contributed by atoms with Crippen LogP contribution in [0.4, 0.5) is 13.2 Å². The summed E-state index contributed by atoms with van der Waals surface area (Å²) in [5, 5.41) is 0.757. The molecule has 146 valence electrons. The highest BCUT2D eigenvalue weighted by Gasteiger charge is 2.33. The first-order valence-corrected chi connectivity index (χ1v) is 9.44. The van der Waals surface area contributed by atoms with Crippen LogP contribution in [0.15, 0.2) is 40.1 Å². The molecule has 0 amide bonds. The molecular formula is C19H16BrF3N4O. The Bertz CT molecular complexity index is 1140. The van der Waals surface area contributed by atoms with Gasteiger partial charge in [-0.3, -0.25) is 9.56 Å². The molecule has 1 aromatic carbocycles. The average molecular weight is 453 g/mol. The predicted molar refractivity (Wildman–Crippen MR) is 101 cm³/mol. The van der Waals surface area contributed by atoms with E-state index < -0.39 is 17.8 Å². The van der Waals surface area contributed by atoms with Crippen molar-refractivity contribution in [2.24, 2.45) is 4.99 Å². The highest BCUT2D eigenvalue weighted by Crippen LogP contribution is 2.35. The molecule has 2 aromatic heterocycles. The van der Waals surface area contributed by atoms with Gasteiger partial charge >= 0.3 is 6.18 Å². The van der Waals surface area contributed by atoms with Crippen molar-refractivity contribution in [3.05, 3.63) is 57.2 Å². The molecule has 0 saturated heterocycles. The molecule has 9 heteroatoms. The molecule has 3 heterocycles. The molecule has 0 saturated carbocycles. The van der Waals surface area contributed by atoms with Gasteiger partial charge in [0, 0.05) is 5.39 Å². The first-order chi connectivity index (χ1) is 13.3. The normalized spacial score (nSPS) is 15.6. The summed E-state index contributed by atoms with van der Waals surface area (Å²) >= 11 is 3.36. The minimum Gasteiger partial charge on any atom is -0.463 e. The maximum atomic E-state index is 13.2. The first-order valence-electron chi connectivity index (χ1n) is 8.65. The number of fused-ring (bicyclic) bond motifs is 3. The van der Waals surface area contributed by atoms with Crippen LogP contribution in [0, 0.1) is 6.92 Å². The zero-order valence-electron chi connectivity index (χ0n) is 15.1. The summed E-state index contributed by atoms with van der Waals surface area (Å²) in [7, 11) is 0. The van der Waals surface area contributed by atoms with Crippen LogP contribution in [0.3, 0.4) is 0 Å². The molecular weight excluding hydrogens is 437 g/mol. The van der Waals surface area contributed by atoms with Crippen molar-refractivity contribution >= 4 is 26.8 Å². The number of hydrogen-bond donors (Lipinski definition) is 0. The highest BCUT2D eigenvalue weighted by molar-refractivity contribution is 9.10. The number of pyridine rings is 1. The summed E-state index contributed by atoms with van der Waals surface area (Å²) < 4.78 is 47.8. The topological polar surface area (TPSA) is 52.3 Å². The van der Waals surface area contributed by atoms with Gasteiger partial charge in [-0.15, -0.1) is 0 Å². The lowest BCUT2D eigenvalue weighted by Gasteiger charge is -2.16. The molecule has 0 radical (unpaired) electrons. The van der Waals surface area contributed by atoms with E-state index in [1.54, 1.807) is 25.3 Å². The number of halogens is 4. The molecule has 1 aliphatic rings. The van der Waals surface area contributed by atoms with E-state index in [0.29, 0.717) is 34.8 Å². The summed E-state index contributed by atoms with van der Waals surface area (Å²) in [6, 6.07) is 5.88. The van der Waals surface area contributed by atoms with Crippen LogP contribution < -0.4 is 10.2 Å². The molecule has 1 unspecified atom stereocenters. The maximum absolute atomic E-state index is 13.2. The number of rotatable bonds is 2. The number of benzene rings is 1. The number of alkyl halides is 3. The zero-order chi connectivity index (χ0) is 20.1. The van der Waals surface area contributed by atoms with E-state index in [1.165, 1.54) is 13.0 Å². The third kappa shape index (κ3) is 3.28. The van der Waals surface area contributed by atoms with Crippen LogP contribution in [0.25, 0.3) is 10.9 Å². The van der Waals surface area contributed by atoms with Gasteiger partial charge in [0.1, 0.15) is 11.2 Å². The van der Waals surface area contributed by atoms with Gasteiger partial charge in [-0.05, 0) is 53.0 Å². The van der Waals surface area contributed by atoms with Gasteiger partial charge in [0.05, 0.1) is 29.9 Å². The quantitative estimate of drug-likeness (QED) is 0.534. The molecule has 28 heavy (non-hydrogen) atoms. The van der Waals surface area contributed by atoms with Crippen molar-refractivity contribution in [1.82, 2.24) is 14.5 Å². The van der Waals surface area contributed by atoms with Crippen LogP contribution in [-0.4, -0.2) is 21.1 Å². The van der Waals surface area contributed by atoms with Gasteiger partial charge in [-0.25, -0.2) is 4.98 Å². The van der Waals surface area contributed by atoms with Crippen molar-refractivity contribution in [2.45, 2.75) is 32.6 Å². The fourth-order valence-electron chi connectivity index (χ4n) is 3.45. The number of aromatic nitrogens is 3. The monoisotopic (exact) mass is 452 g/mol. The molecule has 0 spiro atoms. The third-order valence-corrected chi connectivity index (χ3v) is 5.24. The molecule has 0 N–H and O–H groups in total. The molecule has 3 aromatic rings. The zero-order valence-corrected chi connectivity index (χ0v) is 16.7. The number of ether oxygens (including phenoxy) is 1. The van der Waals surface area contributed by atoms with Crippen molar-refractivity contribution in [1.29, 1.82) is 0 Å². The second kappa shape index (κ2) is 6.88. The Balaban J connectivity index is 1.90. The summed E-state index contributed by atoms with van der Waals surface area (Å²) in [5.41, 5.74) is 1.26. The highest BCUT2D eigenvalue weighted by atomic mass is 79.9. The van der Waals surface area contributed by atoms with E-state index in [-0.39, 0.29) is 5.56 Å². The molecule has 0 bridgehead atoms. The van der Waals surface area contributed by atoms with Crippen LogP contribution in [0.2, 0.25) is 0 Å². The second-order valence-corrected chi connectivity index (χ2v) is 7.38. The molecule has 0 aliphatic carbocycles. The first kappa shape index (κ1) is 18.9. The van der Waals surface area contributed by atoms with Crippen LogP contribution >= 0.6 is 15.9 Å².